The van der Waals surface area contributed by atoms with Crippen LogP contribution in [-0.2, 0) is 15.4 Å². The summed E-state index contributed by atoms with van der Waals surface area (Å²) >= 11 is 0. The van der Waals surface area contributed by atoms with Crippen molar-refractivity contribution < 1.29 is 13.2 Å². The van der Waals surface area contributed by atoms with E-state index in [1.165, 1.54) is 5.56 Å². The van der Waals surface area contributed by atoms with E-state index in [2.05, 4.69) is 36.6 Å². The lowest BCUT2D eigenvalue weighted by Crippen LogP contribution is -2.50. The largest absolute Gasteiger partial charge is 0.497 e. The second kappa shape index (κ2) is 12.8. The molecule has 2 N–H and O–H groups in total. The molecule has 0 atom stereocenters. The molecule has 7 nitrogen and oxygen atoms in total. The predicted octanol–water partition coefficient (Wildman–Crippen LogP) is 3.35. The molecule has 0 bridgehead atoms. The lowest BCUT2D eigenvalue weighted by molar-refractivity contribution is 0.306. The molecule has 0 radical (unpaired) electrons. The van der Waals surface area contributed by atoms with Gasteiger partial charge in [0.05, 0.1) is 19.4 Å². The molecular formula is C22H39IN4O3S. The van der Waals surface area contributed by atoms with Crippen molar-refractivity contribution in [3.05, 3.63) is 29.8 Å². The number of hydrogen-bond donors (Lipinski definition) is 2. The van der Waals surface area contributed by atoms with Crippen LogP contribution in [0, 0.1) is 0 Å². The third-order valence-electron chi connectivity index (χ3n) is 5.48. The van der Waals surface area contributed by atoms with Gasteiger partial charge in [-0.15, -0.1) is 24.0 Å². The third kappa shape index (κ3) is 8.42. The number of benzene rings is 1. The molecule has 1 aliphatic rings. The third-order valence-corrected chi connectivity index (χ3v) is 7.55. The number of sulfonamides is 1. The zero-order valence-corrected chi connectivity index (χ0v) is 22.6. The van der Waals surface area contributed by atoms with E-state index in [1.807, 2.05) is 26.0 Å². The summed E-state index contributed by atoms with van der Waals surface area (Å²) in [6.07, 6.45) is 2.22. The Morgan fingerprint density at radius 2 is 1.94 bits per heavy atom. The van der Waals surface area contributed by atoms with Crippen LogP contribution in [0.4, 0.5) is 0 Å². The van der Waals surface area contributed by atoms with Crippen molar-refractivity contribution in [2.45, 2.75) is 58.4 Å². The quantitative estimate of drug-likeness (QED) is 0.272. The van der Waals surface area contributed by atoms with E-state index < -0.39 is 10.0 Å². The van der Waals surface area contributed by atoms with Crippen LogP contribution in [0.15, 0.2) is 29.3 Å². The monoisotopic (exact) mass is 566 g/mol. The number of halogens is 1. The molecule has 31 heavy (non-hydrogen) atoms. The maximum absolute atomic E-state index is 12.3. The van der Waals surface area contributed by atoms with E-state index in [1.54, 1.807) is 11.4 Å². The van der Waals surface area contributed by atoms with E-state index in [9.17, 15) is 8.42 Å². The van der Waals surface area contributed by atoms with Crippen molar-refractivity contribution in [1.29, 1.82) is 0 Å². The standard InChI is InChI=1S/C22H38N4O3S.HI/c1-6-15-30(27,28)26-13-11-19(12-14-26)25-21(23-7-2)24-17-22(3,4)18-9-8-10-20(16-18)29-5;/h8-10,16,19H,6-7,11-15,17H2,1-5H3,(H2,23,24,25);1H. The van der Waals surface area contributed by atoms with Gasteiger partial charge in [0.2, 0.25) is 10.0 Å². The highest BCUT2D eigenvalue weighted by Gasteiger charge is 2.28. The predicted molar refractivity (Wildman–Crippen MR) is 139 cm³/mol. The molecule has 178 valence electrons. The average Bonchev–Trinajstić information content (AvgIpc) is 2.72. The van der Waals surface area contributed by atoms with Gasteiger partial charge >= 0.3 is 0 Å². The van der Waals surface area contributed by atoms with Gasteiger partial charge in [-0.3, -0.25) is 4.99 Å². The van der Waals surface area contributed by atoms with Crippen LogP contribution in [-0.4, -0.2) is 63.8 Å². The van der Waals surface area contributed by atoms with Gasteiger partial charge in [-0.2, -0.15) is 0 Å². The van der Waals surface area contributed by atoms with Gasteiger partial charge in [-0.25, -0.2) is 12.7 Å². The topological polar surface area (TPSA) is 83.0 Å². The molecule has 2 rings (SSSR count). The molecule has 1 aliphatic heterocycles. The van der Waals surface area contributed by atoms with Gasteiger partial charge < -0.3 is 15.4 Å². The Morgan fingerprint density at radius 3 is 2.52 bits per heavy atom. The zero-order valence-electron chi connectivity index (χ0n) is 19.5. The van der Waals surface area contributed by atoms with Crippen molar-refractivity contribution in [2.75, 3.05) is 39.0 Å². The molecule has 1 fully saturated rings. The summed E-state index contributed by atoms with van der Waals surface area (Å²) in [5.74, 6) is 1.86. The van der Waals surface area contributed by atoms with Crippen molar-refractivity contribution in [1.82, 2.24) is 14.9 Å². The summed E-state index contributed by atoms with van der Waals surface area (Å²) in [4.78, 5) is 4.83. The fourth-order valence-corrected chi connectivity index (χ4v) is 5.13. The van der Waals surface area contributed by atoms with Gasteiger partial charge in [-0.1, -0.05) is 32.9 Å². The Hall–Kier alpha value is -1.07. The van der Waals surface area contributed by atoms with Crippen LogP contribution in [0.2, 0.25) is 0 Å². The first-order valence-corrected chi connectivity index (χ1v) is 12.5. The van der Waals surface area contributed by atoms with E-state index in [4.69, 9.17) is 9.73 Å². The highest BCUT2D eigenvalue weighted by Crippen LogP contribution is 2.26. The van der Waals surface area contributed by atoms with Gasteiger partial charge in [0.15, 0.2) is 5.96 Å². The molecule has 1 aromatic carbocycles. The Labute approximate surface area is 205 Å². The summed E-state index contributed by atoms with van der Waals surface area (Å²) in [5.41, 5.74) is 1.03. The Bertz CT molecular complexity index is 807. The van der Waals surface area contributed by atoms with E-state index in [-0.39, 0.29) is 41.2 Å². The van der Waals surface area contributed by atoms with E-state index in [0.717, 1.165) is 31.1 Å². The van der Waals surface area contributed by atoms with Gasteiger partial charge in [0, 0.05) is 31.1 Å². The van der Waals surface area contributed by atoms with Gasteiger partial charge in [0.1, 0.15) is 5.75 Å². The molecule has 1 saturated heterocycles. The number of nitrogens with one attached hydrogen (secondary N) is 2. The molecule has 0 saturated carbocycles. The summed E-state index contributed by atoms with van der Waals surface area (Å²) in [6.45, 7) is 10.8. The van der Waals surface area contributed by atoms with Crippen molar-refractivity contribution >= 4 is 40.0 Å². The smallest absolute Gasteiger partial charge is 0.214 e. The first-order chi connectivity index (χ1) is 14.2. The summed E-state index contributed by atoms with van der Waals surface area (Å²) < 4.78 is 31.5. The Morgan fingerprint density at radius 1 is 1.26 bits per heavy atom. The van der Waals surface area contributed by atoms with Gasteiger partial charge in [0.25, 0.3) is 0 Å². The number of guanidine groups is 1. The molecule has 0 aliphatic carbocycles. The summed E-state index contributed by atoms with van der Waals surface area (Å²) in [5, 5.41) is 6.82. The van der Waals surface area contributed by atoms with Crippen LogP contribution in [0.5, 0.6) is 5.75 Å². The summed E-state index contributed by atoms with van der Waals surface area (Å²) in [6, 6.07) is 8.33. The first kappa shape index (κ1) is 28.0. The maximum atomic E-state index is 12.3. The SMILES string of the molecule is CCCS(=O)(=O)N1CCC(NC(=NCC(C)(C)c2cccc(OC)c2)NCC)CC1.I. The fourth-order valence-electron chi connectivity index (χ4n) is 3.59. The lowest BCUT2D eigenvalue weighted by atomic mass is 9.84. The Kier molecular flexibility index (Phi) is 11.6. The first-order valence-electron chi connectivity index (χ1n) is 10.9. The number of piperidine rings is 1. The number of methoxy groups -OCH3 is 1. The second-order valence-corrected chi connectivity index (χ2v) is 10.5. The number of ether oxygens (including phenoxy) is 1. The van der Waals surface area contributed by atoms with E-state index in [0.29, 0.717) is 26.1 Å². The van der Waals surface area contributed by atoms with Crippen molar-refractivity contribution in [3.63, 3.8) is 0 Å². The van der Waals surface area contributed by atoms with E-state index >= 15 is 0 Å². The number of nitrogens with zero attached hydrogens (tertiary/aromatic N) is 2. The van der Waals surface area contributed by atoms with Crippen LogP contribution in [0.1, 0.15) is 52.5 Å². The number of aliphatic imine (C=N–C) groups is 1. The normalized spacial score (nSPS) is 16.5. The minimum atomic E-state index is -3.11. The van der Waals surface area contributed by atoms with Crippen molar-refractivity contribution in [3.8, 4) is 5.75 Å². The summed E-state index contributed by atoms with van der Waals surface area (Å²) in [7, 11) is -1.44. The minimum absolute atomic E-state index is 0. The molecule has 0 spiro atoms. The molecule has 1 aromatic rings. The van der Waals surface area contributed by atoms with Crippen LogP contribution in [0.25, 0.3) is 0 Å². The molecule has 0 aromatic heterocycles. The Balaban J connectivity index is 0.00000480. The zero-order chi connectivity index (χ0) is 22.2. The highest BCUT2D eigenvalue weighted by molar-refractivity contribution is 14.0. The number of rotatable bonds is 9. The molecule has 9 heteroatoms. The highest BCUT2D eigenvalue weighted by atomic mass is 127. The average molecular weight is 567 g/mol. The lowest BCUT2D eigenvalue weighted by Gasteiger charge is -2.32. The van der Waals surface area contributed by atoms with Crippen LogP contribution >= 0.6 is 24.0 Å². The minimum Gasteiger partial charge on any atom is -0.497 e. The fraction of sp³-hybridized carbons (Fsp3) is 0.682. The second-order valence-electron chi connectivity index (χ2n) is 8.44. The maximum Gasteiger partial charge on any atom is 0.214 e. The molecular weight excluding hydrogens is 527 g/mol. The molecule has 0 unspecified atom stereocenters. The van der Waals surface area contributed by atoms with Crippen LogP contribution in [0.3, 0.4) is 0 Å². The molecule has 1 heterocycles. The van der Waals surface area contributed by atoms with Crippen LogP contribution < -0.4 is 15.4 Å². The number of hydrogen-bond acceptors (Lipinski definition) is 4. The van der Waals surface area contributed by atoms with Crippen molar-refractivity contribution in [2.24, 2.45) is 4.99 Å². The molecule has 0 amide bonds. The van der Waals surface area contributed by atoms with Gasteiger partial charge in [-0.05, 0) is 43.9 Å².